The second-order valence-corrected chi connectivity index (χ2v) is 5.35. The van der Waals surface area contributed by atoms with Crippen molar-refractivity contribution in [1.29, 1.82) is 0 Å². The minimum atomic E-state index is -0.457. The molecular weight excluding hydrogens is 328 g/mol. The number of aryl methyl sites for hydroxylation is 2. The van der Waals surface area contributed by atoms with Crippen molar-refractivity contribution >= 4 is 27.5 Å². The van der Waals surface area contributed by atoms with Crippen LogP contribution in [0.15, 0.2) is 34.8 Å². The zero-order valence-corrected chi connectivity index (χ0v) is 12.5. The summed E-state index contributed by atoms with van der Waals surface area (Å²) in [7, 11) is 0. The van der Waals surface area contributed by atoms with E-state index in [2.05, 4.69) is 21.2 Å². The van der Waals surface area contributed by atoms with Crippen molar-refractivity contribution in [3.63, 3.8) is 0 Å². The van der Waals surface area contributed by atoms with E-state index in [4.69, 9.17) is 0 Å². The van der Waals surface area contributed by atoms with Gasteiger partial charge in [0.2, 0.25) is 0 Å². The minimum absolute atomic E-state index is 0.339. The molecule has 2 aromatic rings. The summed E-state index contributed by atoms with van der Waals surface area (Å²) in [6.07, 6.45) is 0. The van der Waals surface area contributed by atoms with Crippen LogP contribution in [0, 0.1) is 25.5 Å². The van der Waals surface area contributed by atoms with Crippen molar-refractivity contribution in [3.8, 4) is 0 Å². The van der Waals surface area contributed by atoms with Crippen molar-refractivity contribution in [2.24, 2.45) is 0 Å². The Morgan fingerprint density at radius 1 is 1.10 bits per heavy atom. The predicted octanol–water partition coefficient (Wildman–Crippen LogP) is 4.60. The van der Waals surface area contributed by atoms with Gasteiger partial charge >= 0.3 is 0 Å². The van der Waals surface area contributed by atoms with Crippen molar-refractivity contribution in [3.05, 3.63) is 63.1 Å². The van der Waals surface area contributed by atoms with Crippen LogP contribution in [0.25, 0.3) is 0 Å². The van der Waals surface area contributed by atoms with Gasteiger partial charge in [-0.05, 0) is 71.2 Å². The summed E-state index contributed by atoms with van der Waals surface area (Å²) in [5.41, 5.74) is 2.00. The highest BCUT2D eigenvalue weighted by molar-refractivity contribution is 9.10. The Kier molecular flexibility index (Phi) is 4.18. The van der Waals surface area contributed by atoms with E-state index in [1.165, 1.54) is 24.3 Å². The van der Waals surface area contributed by atoms with Gasteiger partial charge in [-0.1, -0.05) is 0 Å². The summed E-state index contributed by atoms with van der Waals surface area (Å²) in [4.78, 5) is 12.1. The molecule has 0 radical (unpaired) electrons. The molecule has 0 fully saturated rings. The molecule has 20 heavy (non-hydrogen) atoms. The Morgan fingerprint density at radius 2 is 1.80 bits per heavy atom. The van der Waals surface area contributed by atoms with Gasteiger partial charge in [-0.25, -0.2) is 8.78 Å². The van der Waals surface area contributed by atoms with Gasteiger partial charge in [0, 0.05) is 11.3 Å². The minimum Gasteiger partial charge on any atom is -0.322 e. The molecule has 1 N–H and O–H groups in total. The quantitative estimate of drug-likeness (QED) is 0.851. The summed E-state index contributed by atoms with van der Waals surface area (Å²) in [5.74, 6) is -1.25. The molecule has 0 spiro atoms. The van der Waals surface area contributed by atoms with E-state index in [1.54, 1.807) is 19.9 Å². The first-order chi connectivity index (χ1) is 9.38. The van der Waals surface area contributed by atoms with Crippen LogP contribution in [0.1, 0.15) is 21.5 Å². The Morgan fingerprint density at radius 3 is 2.45 bits per heavy atom. The van der Waals surface area contributed by atoms with Gasteiger partial charge in [-0.3, -0.25) is 4.79 Å². The molecule has 0 unspecified atom stereocenters. The van der Waals surface area contributed by atoms with E-state index in [1.807, 2.05) is 0 Å². The topological polar surface area (TPSA) is 29.1 Å². The van der Waals surface area contributed by atoms with Gasteiger partial charge in [0.15, 0.2) is 0 Å². The fourth-order valence-corrected chi connectivity index (χ4v) is 2.31. The van der Waals surface area contributed by atoms with Gasteiger partial charge in [0.25, 0.3) is 5.91 Å². The molecule has 0 bridgehead atoms. The maximum atomic E-state index is 13.5. The number of rotatable bonds is 2. The van der Waals surface area contributed by atoms with Crippen LogP contribution in [-0.4, -0.2) is 5.91 Å². The van der Waals surface area contributed by atoms with Crippen molar-refractivity contribution in [2.75, 3.05) is 5.32 Å². The summed E-state index contributed by atoms with van der Waals surface area (Å²) in [5, 5.41) is 2.63. The normalized spacial score (nSPS) is 10.4. The summed E-state index contributed by atoms with van der Waals surface area (Å²) in [6, 6.07) is 6.74. The lowest BCUT2D eigenvalue weighted by Crippen LogP contribution is -2.14. The van der Waals surface area contributed by atoms with E-state index in [9.17, 15) is 13.6 Å². The molecule has 5 heteroatoms. The summed E-state index contributed by atoms with van der Waals surface area (Å²) < 4.78 is 26.8. The molecule has 2 aromatic carbocycles. The zero-order valence-electron chi connectivity index (χ0n) is 10.9. The van der Waals surface area contributed by atoms with Crippen molar-refractivity contribution in [1.82, 2.24) is 0 Å². The lowest BCUT2D eigenvalue weighted by atomic mass is 10.1. The average molecular weight is 340 g/mol. The number of carbonyl (C=O) groups is 1. The Labute approximate surface area is 123 Å². The number of hydrogen-bond donors (Lipinski definition) is 1. The zero-order chi connectivity index (χ0) is 14.9. The monoisotopic (exact) mass is 339 g/mol. The number of halogens is 3. The molecule has 0 heterocycles. The van der Waals surface area contributed by atoms with Gasteiger partial charge in [0.1, 0.15) is 11.6 Å². The highest BCUT2D eigenvalue weighted by Gasteiger charge is 2.12. The third-order valence-corrected chi connectivity index (χ3v) is 3.56. The first-order valence-electron chi connectivity index (χ1n) is 5.91. The van der Waals surface area contributed by atoms with Gasteiger partial charge in [0.05, 0.1) is 4.47 Å². The molecule has 0 aliphatic rings. The molecule has 2 rings (SSSR count). The van der Waals surface area contributed by atoms with E-state index < -0.39 is 17.5 Å². The Bertz CT molecular complexity index is 686. The van der Waals surface area contributed by atoms with Crippen LogP contribution in [0.3, 0.4) is 0 Å². The van der Waals surface area contributed by atoms with E-state index in [0.29, 0.717) is 21.3 Å². The third kappa shape index (κ3) is 3.04. The number of carbonyl (C=O) groups excluding carboxylic acids is 1. The molecule has 0 saturated heterocycles. The maximum absolute atomic E-state index is 13.5. The second-order valence-electron chi connectivity index (χ2n) is 4.49. The molecule has 0 atom stereocenters. The highest BCUT2D eigenvalue weighted by Crippen LogP contribution is 2.24. The largest absolute Gasteiger partial charge is 0.322 e. The van der Waals surface area contributed by atoms with Gasteiger partial charge in [-0.15, -0.1) is 0 Å². The number of anilines is 1. The lowest BCUT2D eigenvalue weighted by Gasteiger charge is -2.11. The highest BCUT2D eigenvalue weighted by atomic mass is 79.9. The number of amides is 1. The summed E-state index contributed by atoms with van der Waals surface area (Å²) >= 11 is 3.08. The first kappa shape index (κ1) is 14.7. The fraction of sp³-hybridized carbons (Fsp3) is 0.133. The second kappa shape index (κ2) is 5.71. The van der Waals surface area contributed by atoms with Crippen LogP contribution in [0.4, 0.5) is 14.5 Å². The maximum Gasteiger partial charge on any atom is 0.255 e. The molecular formula is C15H12BrF2NO. The first-order valence-corrected chi connectivity index (χ1v) is 6.71. The van der Waals surface area contributed by atoms with E-state index >= 15 is 0 Å². The molecule has 0 saturated carbocycles. The smallest absolute Gasteiger partial charge is 0.255 e. The third-order valence-electron chi connectivity index (χ3n) is 2.95. The Balaban J connectivity index is 2.30. The molecule has 104 valence electrons. The Hall–Kier alpha value is -1.75. The lowest BCUT2D eigenvalue weighted by molar-refractivity contribution is 0.102. The standard InChI is InChI=1S/C15H12BrF2NO/c1-8-5-10(17)3-4-11(8)15(20)19-14-7-13(18)12(16)6-9(14)2/h3-7H,1-2H3,(H,19,20). The van der Waals surface area contributed by atoms with Gasteiger partial charge < -0.3 is 5.32 Å². The van der Waals surface area contributed by atoms with Crippen LogP contribution in [0.2, 0.25) is 0 Å². The van der Waals surface area contributed by atoms with Crippen molar-refractivity contribution in [2.45, 2.75) is 13.8 Å². The van der Waals surface area contributed by atoms with Crippen LogP contribution < -0.4 is 5.32 Å². The van der Waals surface area contributed by atoms with Crippen LogP contribution >= 0.6 is 15.9 Å². The molecule has 2 nitrogen and oxygen atoms in total. The molecule has 0 aliphatic carbocycles. The number of hydrogen-bond acceptors (Lipinski definition) is 1. The number of nitrogens with one attached hydrogen (secondary N) is 1. The van der Waals surface area contributed by atoms with Crippen molar-refractivity contribution < 1.29 is 13.6 Å². The molecule has 0 aliphatic heterocycles. The fourth-order valence-electron chi connectivity index (χ4n) is 1.85. The SMILES string of the molecule is Cc1cc(Br)c(F)cc1NC(=O)c1ccc(F)cc1C. The average Bonchev–Trinajstić information content (AvgIpc) is 2.35. The molecule has 0 aromatic heterocycles. The van der Waals surface area contributed by atoms with Crippen LogP contribution in [-0.2, 0) is 0 Å². The summed E-state index contributed by atoms with van der Waals surface area (Å²) in [6.45, 7) is 3.41. The van der Waals surface area contributed by atoms with E-state index in [0.717, 1.165) is 5.56 Å². The number of benzene rings is 2. The predicted molar refractivity (Wildman–Crippen MR) is 77.9 cm³/mol. The van der Waals surface area contributed by atoms with Gasteiger partial charge in [-0.2, -0.15) is 0 Å². The van der Waals surface area contributed by atoms with E-state index in [-0.39, 0.29) is 0 Å². The van der Waals surface area contributed by atoms with Crippen LogP contribution in [0.5, 0.6) is 0 Å². The molecule has 1 amide bonds.